The van der Waals surface area contributed by atoms with Gasteiger partial charge in [-0.25, -0.2) is 0 Å². The van der Waals surface area contributed by atoms with Crippen molar-refractivity contribution in [3.8, 4) is 5.75 Å². The van der Waals surface area contributed by atoms with Crippen LogP contribution in [0, 0.1) is 0 Å². The molecule has 0 amide bonds. The molecule has 2 heteroatoms. The molecule has 0 N–H and O–H groups in total. The van der Waals surface area contributed by atoms with Crippen LogP contribution in [-0.4, -0.2) is 5.97 Å². The minimum Gasteiger partial charge on any atom is -0.426 e. The minimum absolute atomic E-state index is 0.145. The first-order valence-electron chi connectivity index (χ1n) is 11.1. The Morgan fingerprint density at radius 2 is 1.21 bits per heavy atom. The Morgan fingerprint density at radius 3 is 1.79 bits per heavy atom. The first-order valence-corrected chi connectivity index (χ1v) is 11.1. The molecule has 0 aliphatic rings. The number of carbonyl (C=O) groups is 1. The summed E-state index contributed by atoms with van der Waals surface area (Å²) in [7, 11) is 0. The highest BCUT2D eigenvalue weighted by atomic mass is 16.5. The van der Waals surface area contributed by atoms with Gasteiger partial charge >= 0.3 is 5.97 Å². The fraction of sp³-hybridized carbons (Fsp3) is 0.500. The van der Waals surface area contributed by atoms with Gasteiger partial charge in [0.1, 0.15) is 5.75 Å². The molecule has 2 aromatic rings. The van der Waals surface area contributed by atoms with Gasteiger partial charge in [0, 0.05) is 0 Å². The number of rotatable bonds is 14. The molecule has 0 radical (unpaired) electrons. The van der Waals surface area contributed by atoms with Crippen molar-refractivity contribution in [2.75, 3.05) is 0 Å². The molecule has 2 aromatic carbocycles. The van der Waals surface area contributed by atoms with E-state index in [2.05, 4.69) is 6.92 Å². The van der Waals surface area contributed by atoms with Gasteiger partial charge in [0.15, 0.2) is 0 Å². The number of para-hydroxylation sites is 1. The largest absolute Gasteiger partial charge is 0.426 e. The summed E-state index contributed by atoms with van der Waals surface area (Å²) in [6.07, 6.45) is 13.9. The molecule has 28 heavy (non-hydrogen) atoms. The maximum atomic E-state index is 12.8. The van der Waals surface area contributed by atoms with Crippen LogP contribution in [0.15, 0.2) is 60.7 Å². The van der Waals surface area contributed by atoms with Gasteiger partial charge in [0.05, 0.1) is 5.92 Å². The van der Waals surface area contributed by atoms with Crippen molar-refractivity contribution in [1.29, 1.82) is 0 Å². The Morgan fingerprint density at radius 1 is 0.714 bits per heavy atom. The van der Waals surface area contributed by atoms with E-state index in [1.54, 1.807) is 0 Å². The highest BCUT2D eigenvalue weighted by Crippen LogP contribution is 2.25. The second-order valence-electron chi connectivity index (χ2n) is 7.67. The Bertz CT molecular complexity index is 636. The lowest BCUT2D eigenvalue weighted by molar-refractivity contribution is -0.136. The van der Waals surface area contributed by atoms with Crippen LogP contribution in [0.1, 0.15) is 89.0 Å². The van der Waals surface area contributed by atoms with Crippen molar-refractivity contribution < 1.29 is 9.53 Å². The Labute approximate surface area is 171 Å². The van der Waals surface area contributed by atoms with E-state index in [4.69, 9.17) is 4.74 Å². The van der Waals surface area contributed by atoms with E-state index in [1.165, 1.54) is 57.8 Å². The van der Waals surface area contributed by atoms with Crippen LogP contribution in [0.5, 0.6) is 5.75 Å². The third kappa shape index (κ3) is 8.73. The zero-order valence-corrected chi connectivity index (χ0v) is 17.4. The number of esters is 1. The minimum atomic E-state index is -0.185. The summed E-state index contributed by atoms with van der Waals surface area (Å²) in [6, 6.07) is 19.4. The molecule has 152 valence electrons. The first-order chi connectivity index (χ1) is 13.8. The van der Waals surface area contributed by atoms with Gasteiger partial charge in [-0.3, -0.25) is 4.79 Å². The lowest BCUT2D eigenvalue weighted by Crippen LogP contribution is -2.19. The summed E-state index contributed by atoms with van der Waals surface area (Å²) in [5, 5.41) is 0. The molecule has 0 aromatic heterocycles. The van der Waals surface area contributed by atoms with E-state index in [0.29, 0.717) is 5.75 Å². The standard InChI is InChI=1S/C26H36O2/c1-2-3-4-5-6-7-8-9-10-17-22-25(23-18-13-11-14-19-23)26(27)28-24-20-15-12-16-21-24/h11-16,18-21,25H,2-10,17,22H2,1H3. The maximum absolute atomic E-state index is 12.8. The Hall–Kier alpha value is -2.09. The third-order valence-corrected chi connectivity index (χ3v) is 5.29. The molecule has 0 saturated carbocycles. The van der Waals surface area contributed by atoms with Crippen LogP contribution in [0.2, 0.25) is 0 Å². The zero-order valence-electron chi connectivity index (χ0n) is 17.4. The van der Waals surface area contributed by atoms with Gasteiger partial charge in [-0.05, 0) is 24.1 Å². The predicted octanol–water partition coefficient (Wildman–Crippen LogP) is 7.69. The SMILES string of the molecule is CCCCCCCCCCCCC(C(=O)Oc1ccccc1)c1ccccc1. The van der Waals surface area contributed by atoms with Crippen LogP contribution < -0.4 is 4.74 Å². The van der Waals surface area contributed by atoms with Crippen LogP contribution in [0.4, 0.5) is 0 Å². The number of hydrogen-bond acceptors (Lipinski definition) is 2. The Balaban J connectivity index is 1.74. The highest BCUT2D eigenvalue weighted by Gasteiger charge is 2.22. The molecule has 0 spiro atoms. The lowest BCUT2D eigenvalue weighted by Gasteiger charge is -2.16. The van der Waals surface area contributed by atoms with E-state index in [1.807, 2.05) is 60.7 Å². The van der Waals surface area contributed by atoms with Crippen LogP contribution in [0.25, 0.3) is 0 Å². The molecule has 2 nitrogen and oxygen atoms in total. The van der Waals surface area contributed by atoms with Crippen molar-refractivity contribution >= 4 is 5.97 Å². The molecule has 1 atom stereocenters. The van der Waals surface area contributed by atoms with Gasteiger partial charge in [-0.1, -0.05) is 120 Å². The van der Waals surface area contributed by atoms with Crippen molar-refractivity contribution in [3.05, 3.63) is 66.2 Å². The molecule has 0 aliphatic heterocycles. The average Bonchev–Trinajstić information content (AvgIpc) is 2.73. The predicted molar refractivity (Wildman–Crippen MR) is 118 cm³/mol. The van der Waals surface area contributed by atoms with Crippen molar-refractivity contribution in [1.82, 2.24) is 0 Å². The quantitative estimate of drug-likeness (QED) is 0.191. The van der Waals surface area contributed by atoms with Gasteiger partial charge in [-0.15, -0.1) is 0 Å². The van der Waals surface area contributed by atoms with Crippen LogP contribution >= 0.6 is 0 Å². The number of unbranched alkanes of at least 4 members (excludes halogenated alkanes) is 9. The monoisotopic (exact) mass is 380 g/mol. The van der Waals surface area contributed by atoms with Crippen LogP contribution in [-0.2, 0) is 4.79 Å². The van der Waals surface area contributed by atoms with Crippen molar-refractivity contribution in [2.24, 2.45) is 0 Å². The number of carbonyl (C=O) groups excluding carboxylic acids is 1. The molecule has 0 saturated heterocycles. The number of hydrogen-bond donors (Lipinski definition) is 0. The highest BCUT2D eigenvalue weighted by molar-refractivity contribution is 5.80. The summed E-state index contributed by atoms with van der Waals surface area (Å²) in [5.41, 5.74) is 1.05. The van der Waals surface area contributed by atoms with Gasteiger partial charge < -0.3 is 4.74 Å². The molecule has 0 bridgehead atoms. The van der Waals surface area contributed by atoms with E-state index in [-0.39, 0.29) is 11.9 Å². The average molecular weight is 381 g/mol. The molecular weight excluding hydrogens is 344 g/mol. The maximum Gasteiger partial charge on any atom is 0.318 e. The zero-order chi connectivity index (χ0) is 19.9. The topological polar surface area (TPSA) is 26.3 Å². The number of ether oxygens (including phenoxy) is 1. The molecule has 0 fully saturated rings. The van der Waals surface area contributed by atoms with Gasteiger partial charge in [-0.2, -0.15) is 0 Å². The normalized spacial score (nSPS) is 11.9. The molecule has 0 aliphatic carbocycles. The van der Waals surface area contributed by atoms with E-state index in [0.717, 1.165) is 18.4 Å². The third-order valence-electron chi connectivity index (χ3n) is 5.29. The molecular formula is C26H36O2. The molecule has 2 rings (SSSR count). The lowest BCUT2D eigenvalue weighted by atomic mass is 9.93. The van der Waals surface area contributed by atoms with Crippen LogP contribution in [0.3, 0.4) is 0 Å². The van der Waals surface area contributed by atoms with Gasteiger partial charge in [0.2, 0.25) is 0 Å². The van der Waals surface area contributed by atoms with Gasteiger partial charge in [0.25, 0.3) is 0 Å². The fourth-order valence-electron chi connectivity index (χ4n) is 3.62. The summed E-state index contributed by atoms with van der Waals surface area (Å²) in [4.78, 5) is 12.8. The van der Waals surface area contributed by atoms with Crippen molar-refractivity contribution in [2.45, 2.75) is 83.5 Å². The summed E-state index contributed by atoms with van der Waals surface area (Å²) >= 11 is 0. The second-order valence-corrected chi connectivity index (χ2v) is 7.67. The first kappa shape index (κ1) is 22.2. The van der Waals surface area contributed by atoms with E-state index >= 15 is 0 Å². The Kier molecular flexibility index (Phi) is 11.1. The molecule has 1 unspecified atom stereocenters. The van der Waals surface area contributed by atoms with E-state index < -0.39 is 0 Å². The summed E-state index contributed by atoms with van der Waals surface area (Å²) < 4.78 is 5.63. The van der Waals surface area contributed by atoms with Crippen molar-refractivity contribution in [3.63, 3.8) is 0 Å². The second kappa shape index (κ2) is 14.0. The van der Waals surface area contributed by atoms with E-state index in [9.17, 15) is 4.79 Å². The summed E-state index contributed by atoms with van der Waals surface area (Å²) in [6.45, 7) is 2.26. The fourth-order valence-corrected chi connectivity index (χ4v) is 3.62. The smallest absolute Gasteiger partial charge is 0.318 e. The molecule has 0 heterocycles. The summed E-state index contributed by atoms with van der Waals surface area (Å²) in [5.74, 6) is 0.292. The number of benzene rings is 2.